The highest BCUT2D eigenvalue weighted by molar-refractivity contribution is 5.98. The molecule has 9 heteroatoms. The number of amides is 2. The Morgan fingerprint density at radius 3 is 2.34 bits per heavy atom. The number of halogens is 1. The van der Waals surface area contributed by atoms with Gasteiger partial charge >= 0.3 is 5.97 Å². The van der Waals surface area contributed by atoms with Crippen molar-refractivity contribution in [2.45, 2.75) is 110 Å². The Morgan fingerprint density at radius 2 is 1.60 bits per heavy atom. The van der Waals surface area contributed by atoms with Crippen LogP contribution in [0.4, 0.5) is 4.39 Å². The Morgan fingerprint density at radius 1 is 0.860 bits per heavy atom. The molecule has 3 fully saturated rings. The van der Waals surface area contributed by atoms with Crippen molar-refractivity contribution in [3.8, 4) is 11.5 Å². The zero-order valence-corrected chi connectivity index (χ0v) is 29.7. The first kappa shape index (κ1) is 35.7. The van der Waals surface area contributed by atoms with E-state index >= 15 is 4.39 Å². The summed E-state index contributed by atoms with van der Waals surface area (Å²) in [5.41, 5.74) is 0.607. The van der Waals surface area contributed by atoms with Crippen molar-refractivity contribution in [3.05, 3.63) is 71.5 Å². The highest BCUT2D eigenvalue weighted by Crippen LogP contribution is 2.41. The topological polar surface area (TPSA) is 103 Å². The number of rotatable bonds is 11. The number of carbonyl (C=O) groups is 3. The minimum Gasteiger partial charge on any atom is -0.496 e. The minimum absolute atomic E-state index is 0.0119. The van der Waals surface area contributed by atoms with Gasteiger partial charge in [0.25, 0.3) is 5.91 Å². The number of esters is 1. The average Bonchev–Trinajstić information content (AvgIpc) is 3.35. The molecule has 268 valence electrons. The molecule has 0 saturated heterocycles. The zero-order valence-electron chi connectivity index (χ0n) is 29.7. The second-order valence-corrected chi connectivity index (χ2v) is 15.3. The summed E-state index contributed by atoms with van der Waals surface area (Å²) in [5.74, 6) is -1.58. The lowest BCUT2D eigenvalue weighted by Gasteiger charge is -2.39. The molecule has 2 atom stereocenters. The van der Waals surface area contributed by atoms with Crippen molar-refractivity contribution < 1.29 is 33.0 Å². The predicted molar refractivity (Wildman–Crippen MR) is 190 cm³/mol. The number of methoxy groups -OCH3 is 1. The van der Waals surface area contributed by atoms with Crippen LogP contribution in [0.5, 0.6) is 11.5 Å². The Labute approximate surface area is 294 Å². The van der Waals surface area contributed by atoms with E-state index in [2.05, 4.69) is 17.6 Å². The van der Waals surface area contributed by atoms with Crippen LogP contribution in [-0.4, -0.2) is 43.6 Å². The molecule has 3 aliphatic rings. The molecular formula is C41H51FN2O6. The van der Waals surface area contributed by atoms with Gasteiger partial charge in [0.15, 0.2) is 11.6 Å². The maximum absolute atomic E-state index is 15.3. The van der Waals surface area contributed by atoms with Gasteiger partial charge in [0.1, 0.15) is 12.4 Å². The zero-order chi connectivity index (χ0) is 35.3. The number of hydrogen-bond donors (Lipinski definition) is 2. The summed E-state index contributed by atoms with van der Waals surface area (Å²) in [6.45, 7) is 4.98. The first-order valence-corrected chi connectivity index (χ1v) is 18.3. The minimum atomic E-state index is -0.676. The standard InChI is InChI=1S/C41H51FN2O6/c1-40(19-10-20-40)26-43-37(45)31-15-5-4-6-16-34(31)44-38(46)32-23-36(33(42)24-35(32)48-3)50-29-17-21-41(2,22-18-29)39(47)49-25-28-13-9-12-27-11-7-8-14-30(27)28/h7-9,11-14,23-24,29,31,34H,4-6,10,15-22,25-26H2,1-3H3,(H,43,45)(H,44,46)/t29?,31-,34+,41?/m1/s1. The van der Waals surface area contributed by atoms with Crippen LogP contribution in [0.25, 0.3) is 10.8 Å². The summed E-state index contributed by atoms with van der Waals surface area (Å²) in [6, 6.07) is 16.2. The van der Waals surface area contributed by atoms with Gasteiger partial charge in [0.2, 0.25) is 5.91 Å². The third-order valence-corrected chi connectivity index (χ3v) is 11.5. The highest BCUT2D eigenvalue weighted by atomic mass is 19.1. The first-order chi connectivity index (χ1) is 24.1. The summed E-state index contributed by atoms with van der Waals surface area (Å²) >= 11 is 0. The fourth-order valence-corrected chi connectivity index (χ4v) is 7.87. The molecule has 0 bridgehead atoms. The molecule has 3 aromatic carbocycles. The fourth-order valence-electron chi connectivity index (χ4n) is 7.87. The summed E-state index contributed by atoms with van der Waals surface area (Å²) in [6.07, 6.45) is 9.48. The highest BCUT2D eigenvalue weighted by Gasteiger charge is 2.40. The van der Waals surface area contributed by atoms with Crippen LogP contribution in [0.2, 0.25) is 0 Å². The molecule has 2 amide bonds. The summed E-state index contributed by atoms with van der Waals surface area (Å²) in [5, 5.41) is 8.44. The van der Waals surface area contributed by atoms with Crippen molar-refractivity contribution in [1.82, 2.24) is 10.6 Å². The van der Waals surface area contributed by atoms with E-state index in [1.54, 1.807) is 0 Å². The number of fused-ring (bicyclic) bond motifs is 1. The molecule has 3 saturated carbocycles. The molecule has 0 spiro atoms. The molecular weight excluding hydrogens is 635 g/mol. The number of benzene rings is 3. The maximum atomic E-state index is 15.3. The van der Waals surface area contributed by atoms with E-state index in [1.165, 1.54) is 25.7 Å². The fraction of sp³-hybridized carbons (Fsp3) is 0.537. The van der Waals surface area contributed by atoms with E-state index in [1.807, 2.05) is 49.4 Å². The quantitative estimate of drug-likeness (QED) is 0.156. The second kappa shape index (κ2) is 15.4. The Bertz CT molecular complexity index is 1690. The van der Waals surface area contributed by atoms with Crippen LogP contribution in [-0.2, 0) is 20.9 Å². The van der Waals surface area contributed by atoms with Crippen molar-refractivity contribution in [2.24, 2.45) is 16.7 Å². The van der Waals surface area contributed by atoms with Gasteiger partial charge in [-0.05, 0) is 86.1 Å². The Balaban J connectivity index is 1.07. The van der Waals surface area contributed by atoms with Crippen LogP contribution in [0, 0.1) is 22.6 Å². The van der Waals surface area contributed by atoms with Gasteiger partial charge < -0.3 is 24.8 Å². The Hall–Kier alpha value is -4.14. The van der Waals surface area contributed by atoms with Gasteiger partial charge in [-0.15, -0.1) is 0 Å². The molecule has 50 heavy (non-hydrogen) atoms. The van der Waals surface area contributed by atoms with Crippen LogP contribution in [0.15, 0.2) is 54.6 Å². The SMILES string of the molecule is COc1cc(F)c(OC2CCC(C)(C(=O)OCc3cccc4ccccc34)CC2)cc1C(=O)N[C@H]1CCCCC[C@H]1C(=O)NCC1(C)CCC1. The molecule has 6 rings (SSSR count). The number of ether oxygens (including phenoxy) is 3. The van der Waals surface area contributed by atoms with Crippen LogP contribution < -0.4 is 20.1 Å². The van der Waals surface area contributed by atoms with E-state index in [0.29, 0.717) is 45.1 Å². The molecule has 0 unspecified atom stereocenters. The van der Waals surface area contributed by atoms with Gasteiger partial charge in [0, 0.05) is 18.7 Å². The van der Waals surface area contributed by atoms with Crippen LogP contribution in [0.1, 0.15) is 107 Å². The molecule has 3 aromatic rings. The van der Waals surface area contributed by atoms with Crippen LogP contribution in [0.3, 0.4) is 0 Å². The van der Waals surface area contributed by atoms with E-state index in [9.17, 15) is 14.4 Å². The van der Waals surface area contributed by atoms with Gasteiger partial charge in [-0.1, -0.05) is 75.1 Å². The average molecular weight is 687 g/mol. The van der Waals surface area contributed by atoms with E-state index in [4.69, 9.17) is 14.2 Å². The first-order valence-electron chi connectivity index (χ1n) is 18.3. The lowest BCUT2D eigenvalue weighted by atomic mass is 9.70. The summed E-state index contributed by atoms with van der Waals surface area (Å²) in [4.78, 5) is 40.4. The lowest BCUT2D eigenvalue weighted by Crippen LogP contribution is -2.49. The van der Waals surface area contributed by atoms with Crippen molar-refractivity contribution in [3.63, 3.8) is 0 Å². The van der Waals surface area contributed by atoms with Gasteiger partial charge in [-0.3, -0.25) is 14.4 Å². The number of carbonyl (C=O) groups excluding carboxylic acids is 3. The molecule has 2 N–H and O–H groups in total. The van der Waals surface area contributed by atoms with Crippen molar-refractivity contribution >= 4 is 28.6 Å². The summed E-state index contributed by atoms with van der Waals surface area (Å²) < 4.78 is 32.7. The molecule has 0 radical (unpaired) electrons. The third-order valence-electron chi connectivity index (χ3n) is 11.5. The molecule has 0 aromatic heterocycles. The summed E-state index contributed by atoms with van der Waals surface area (Å²) in [7, 11) is 1.40. The maximum Gasteiger partial charge on any atom is 0.312 e. The van der Waals surface area contributed by atoms with Gasteiger partial charge in [-0.2, -0.15) is 0 Å². The Kier molecular flexibility index (Phi) is 11.0. The van der Waals surface area contributed by atoms with Gasteiger partial charge in [-0.25, -0.2) is 4.39 Å². The normalized spacial score (nSPS) is 24.7. The van der Waals surface area contributed by atoms with Crippen LogP contribution >= 0.6 is 0 Å². The second-order valence-electron chi connectivity index (χ2n) is 15.3. The molecule has 8 nitrogen and oxygen atoms in total. The lowest BCUT2D eigenvalue weighted by molar-refractivity contribution is -0.159. The molecule has 0 heterocycles. The van der Waals surface area contributed by atoms with Crippen molar-refractivity contribution in [1.29, 1.82) is 0 Å². The third kappa shape index (κ3) is 8.08. The molecule has 0 aliphatic heterocycles. The van der Waals surface area contributed by atoms with Gasteiger partial charge in [0.05, 0.1) is 30.1 Å². The smallest absolute Gasteiger partial charge is 0.312 e. The molecule has 3 aliphatic carbocycles. The monoisotopic (exact) mass is 686 g/mol. The van der Waals surface area contributed by atoms with E-state index < -0.39 is 17.1 Å². The largest absolute Gasteiger partial charge is 0.496 e. The van der Waals surface area contributed by atoms with Crippen molar-refractivity contribution in [2.75, 3.05) is 13.7 Å². The number of hydrogen-bond acceptors (Lipinski definition) is 6. The van der Waals surface area contributed by atoms with E-state index in [0.717, 1.165) is 48.4 Å². The number of nitrogens with one attached hydrogen (secondary N) is 2. The predicted octanol–water partition coefficient (Wildman–Crippen LogP) is 8.04. The van der Waals surface area contributed by atoms with E-state index in [-0.39, 0.29) is 59.0 Å².